The molecule has 0 aromatic heterocycles. The van der Waals surface area contributed by atoms with E-state index in [0.29, 0.717) is 0 Å². The van der Waals surface area contributed by atoms with Crippen molar-refractivity contribution >= 4 is 58.4 Å². The van der Waals surface area contributed by atoms with E-state index in [1.165, 1.54) is 55.3 Å². The number of hydrogen-bond acceptors (Lipinski definition) is 0. The molecule has 0 amide bonds. The van der Waals surface area contributed by atoms with Gasteiger partial charge in [-0.3, -0.25) is 0 Å². The Morgan fingerprint density at radius 2 is 0.397 bits per heavy atom. The van der Waals surface area contributed by atoms with Gasteiger partial charge in [0.25, 0.3) is 0 Å². The second-order valence-corrected chi connectivity index (χ2v) is 19.6. The molecule has 0 radical (unpaired) electrons. The van der Waals surface area contributed by atoms with Gasteiger partial charge in [-0.25, -0.2) is 0 Å². The van der Waals surface area contributed by atoms with E-state index in [-0.39, 0.29) is 0 Å². The average Bonchev–Trinajstić information content (AvgIpc) is 3.54. The molecule has 0 fully saturated rings. The van der Waals surface area contributed by atoms with Gasteiger partial charge in [-0.2, -0.15) is 0 Å². The Bertz CT molecular complexity index is 3640. The van der Waals surface area contributed by atoms with Crippen molar-refractivity contribution in [2.45, 2.75) is 0 Å². The van der Waals surface area contributed by atoms with Gasteiger partial charge in [0.1, 0.15) is 0 Å². The molecule has 12 aromatic rings. The highest BCUT2D eigenvalue weighted by Crippen LogP contribution is 2.35. The van der Waals surface area contributed by atoms with Crippen LogP contribution in [0.1, 0.15) is 55.6 Å². The van der Waals surface area contributed by atoms with Crippen molar-refractivity contribution in [3.63, 3.8) is 0 Å². The van der Waals surface area contributed by atoms with Gasteiger partial charge in [-0.05, 0) is 146 Å². The minimum absolute atomic E-state index is 1.14. The maximum Gasteiger partial charge on any atom is -0.0105 e. The lowest BCUT2D eigenvalue weighted by Gasteiger charge is -2.13. The fraction of sp³-hybridized carbons (Fsp3) is 0. The van der Waals surface area contributed by atoms with Gasteiger partial charge >= 0.3 is 0 Å². The monoisotopic (exact) mass is 992 g/mol. The van der Waals surface area contributed by atoms with Crippen molar-refractivity contribution in [3.8, 4) is 44.5 Å². The number of fused-ring (bicyclic) bond motifs is 1. The van der Waals surface area contributed by atoms with E-state index >= 15 is 0 Å². The van der Waals surface area contributed by atoms with Gasteiger partial charge in [-0.1, -0.05) is 315 Å². The van der Waals surface area contributed by atoms with Crippen LogP contribution in [0.15, 0.2) is 303 Å². The van der Waals surface area contributed by atoms with Crippen LogP contribution in [0.4, 0.5) is 0 Å². The summed E-state index contributed by atoms with van der Waals surface area (Å²) in [5.74, 6) is 0. The van der Waals surface area contributed by atoms with Gasteiger partial charge in [0.2, 0.25) is 0 Å². The zero-order chi connectivity index (χ0) is 52.3. The first-order chi connectivity index (χ1) is 38.6. The molecule has 0 nitrogen and oxygen atoms in total. The zero-order valence-corrected chi connectivity index (χ0v) is 43.3. The van der Waals surface area contributed by atoms with E-state index in [9.17, 15) is 0 Å². The molecule has 0 atom stereocenters. The van der Waals surface area contributed by atoms with Crippen LogP contribution in [0, 0.1) is 0 Å². The highest BCUT2D eigenvalue weighted by atomic mass is 14.2. The second-order valence-electron chi connectivity index (χ2n) is 19.6. The Labute approximate surface area is 459 Å². The normalized spacial score (nSPS) is 11.2. The molecule has 0 aliphatic carbocycles. The fourth-order valence-corrected chi connectivity index (χ4v) is 10.4. The molecule has 0 N–H and O–H groups in total. The lowest BCUT2D eigenvalue weighted by Crippen LogP contribution is -1.91. The smallest absolute Gasteiger partial charge is 0.0105 e. The van der Waals surface area contributed by atoms with Gasteiger partial charge in [0, 0.05) is 0 Å². The maximum absolute atomic E-state index is 2.35. The van der Waals surface area contributed by atoms with E-state index in [0.717, 1.165) is 66.8 Å². The summed E-state index contributed by atoms with van der Waals surface area (Å²) in [6, 6.07) is 109. The minimum Gasteiger partial charge on any atom is -0.0622 e. The van der Waals surface area contributed by atoms with Crippen molar-refractivity contribution in [2.24, 2.45) is 0 Å². The minimum atomic E-state index is 1.14. The third-order valence-corrected chi connectivity index (χ3v) is 14.6. The summed E-state index contributed by atoms with van der Waals surface area (Å²) >= 11 is 0. The number of hydrogen-bond donors (Lipinski definition) is 0. The molecule has 78 heavy (non-hydrogen) atoms. The number of benzene rings is 12. The Kier molecular flexibility index (Phi) is 14.5. The molecule has 0 saturated carbocycles. The molecule has 0 unspecified atom stereocenters. The standard InChI is InChI=1S/C78H56/c1-5-19-57(20-6-1)63-33-43-67(44-34-63)77(68-45-35-64(36-46-68)58-21-7-2-8-22-58)55-73-31-15-13-27-61(73)41-51-75-53-71-29-17-18-30-72(71)54-76(75)52-42-62-28-14-16-32-74(62)56-78(69-47-37-65(38-48-69)59-23-9-3-10-24-59)70-49-39-66(40-50-70)60-25-11-4-12-26-60/h1-56H. The van der Waals surface area contributed by atoms with E-state index in [4.69, 9.17) is 0 Å². The Hall–Kier alpha value is -10.1. The van der Waals surface area contributed by atoms with Gasteiger partial charge in [-0.15, -0.1) is 0 Å². The summed E-state index contributed by atoms with van der Waals surface area (Å²) in [6.07, 6.45) is 13.8. The second kappa shape index (κ2) is 23.2. The quantitative estimate of drug-likeness (QED) is 0.0953. The molecule has 0 aliphatic heterocycles. The van der Waals surface area contributed by atoms with Crippen molar-refractivity contribution < 1.29 is 0 Å². The molecule has 0 heteroatoms. The Balaban J connectivity index is 0.904. The SMILES string of the molecule is C(=Cc1cc2ccccc2cc1C=Cc1ccccc1C=C(c1ccc(-c2ccccc2)cc1)c1ccc(-c2ccccc2)cc1)c1ccccc1C=C(c1ccc(-c2ccccc2)cc1)c1ccc(-c2ccccc2)cc1. The van der Waals surface area contributed by atoms with Crippen LogP contribution in [0.2, 0.25) is 0 Å². The first kappa shape index (κ1) is 48.8. The molecule has 12 rings (SSSR count). The maximum atomic E-state index is 2.35. The van der Waals surface area contributed by atoms with Crippen LogP contribution in [-0.2, 0) is 0 Å². The lowest BCUT2D eigenvalue weighted by atomic mass is 9.91. The van der Waals surface area contributed by atoms with Crippen molar-refractivity contribution in [2.75, 3.05) is 0 Å². The van der Waals surface area contributed by atoms with Crippen LogP contribution in [0.25, 0.3) is 103 Å². The summed E-state index contributed by atoms with van der Waals surface area (Å²) in [6.45, 7) is 0. The molecule has 12 aromatic carbocycles. The molecule has 0 spiro atoms. The Morgan fingerprint density at radius 3 is 0.679 bits per heavy atom. The summed E-state index contributed by atoms with van der Waals surface area (Å²) < 4.78 is 0. The molecule has 0 bridgehead atoms. The summed E-state index contributed by atoms with van der Waals surface area (Å²) in [5.41, 5.74) is 23.4. The average molecular weight is 993 g/mol. The van der Waals surface area contributed by atoms with Crippen molar-refractivity contribution in [1.29, 1.82) is 0 Å². The van der Waals surface area contributed by atoms with Gasteiger partial charge in [0.15, 0.2) is 0 Å². The number of rotatable bonds is 14. The van der Waals surface area contributed by atoms with Crippen LogP contribution < -0.4 is 0 Å². The van der Waals surface area contributed by atoms with Crippen LogP contribution in [-0.4, -0.2) is 0 Å². The largest absolute Gasteiger partial charge is 0.0622 e. The third kappa shape index (κ3) is 11.3. The zero-order valence-electron chi connectivity index (χ0n) is 43.3. The molecule has 0 aliphatic rings. The lowest BCUT2D eigenvalue weighted by molar-refractivity contribution is 1.53. The highest BCUT2D eigenvalue weighted by Gasteiger charge is 2.12. The van der Waals surface area contributed by atoms with Gasteiger partial charge in [0.05, 0.1) is 0 Å². The fourth-order valence-electron chi connectivity index (χ4n) is 10.4. The molecule has 368 valence electrons. The summed E-state index contributed by atoms with van der Waals surface area (Å²) in [5, 5.41) is 2.40. The molecular formula is C78H56. The van der Waals surface area contributed by atoms with E-state index < -0.39 is 0 Å². The van der Waals surface area contributed by atoms with Gasteiger partial charge < -0.3 is 0 Å². The van der Waals surface area contributed by atoms with Crippen LogP contribution in [0.3, 0.4) is 0 Å². The predicted molar refractivity (Wildman–Crippen MR) is 336 cm³/mol. The highest BCUT2D eigenvalue weighted by molar-refractivity contribution is 5.97. The topological polar surface area (TPSA) is 0 Å². The van der Waals surface area contributed by atoms with E-state index in [2.05, 4.69) is 340 Å². The Morgan fingerprint density at radius 1 is 0.179 bits per heavy atom. The van der Waals surface area contributed by atoms with Crippen LogP contribution >= 0.6 is 0 Å². The summed E-state index contributed by atoms with van der Waals surface area (Å²) in [4.78, 5) is 0. The first-order valence-corrected chi connectivity index (χ1v) is 26.8. The van der Waals surface area contributed by atoms with Crippen molar-refractivity contribution in [3.05, 3.63) is 359 Å². The molecular weight excluding hydrogens is 937 g/mol. The molecule has 0 saturated heterocycles. The summed E-state index contributed by atoms with van der Waals surface area (Å²) in [7, 11) is 0. The van der Waals surface area contributed by atoms with Crippen molar-refractivity contribution in [1.82, 2.24) is 0 Å². The van der Waals surface area contributed by atoms with Crippen LogP contribution in [0.5, 0.6) is 0 Å². The third-order valence-electron chi connectivity index (χ3n) is 14.6. The first-order valence-electron chi connectivity index (χ1n) is 26.8. The predicted octanol–water partition coefficient (Wildman–Crippen LogP) is 21.0. The molecule has 0 heterocycles. The van der Waals surface area contributed by atoms with E-state index in [1.54, 1.807) is 0 Å². The van der Waals surface area contributed by atoms with E-state index in [1.807, 2.05) is 0 Å².